The summed E-state index contributed by atoms with van der Waals surface area (Å²) in [5.74, 6) is 2.05. The predicted molar refractivity (Wildman–Crippen MR) is 99.2 cm³/mol. The Kier molecular flexibility index (Phi) is 5.76. The number of hydrogen-bond acceptors (Lipinski definition) is 4. The number of methoxy groups -OCH3 is 2. The molecule has 0 bridgehead atoms. The van der Waals surface area contributed by atoms with Crippen molar-refractivity contribution in [2.75, 3.05) is 14.2 Å². The van der Waals surface area contributed by atoms with Gasteiger partial charge in [0.25, 0.3) is 0 Å². The molecule has 0 aliphatic carbocycles. The zero-order valence-electron chi connectivity index (χ0n) is 15.1. The van der Waals surface area contributed by atoms with Crippen molar-refractivity contribution in [2.45, 2.75) is 13.0 Å². The average Bonchev–Trinajstić information content (AvgIpc) is 3.16. The second-order valence-corrected chi connectivity index (χ2v) is 5.90. The van der Waals surface area contributed by atoms with Crippen molar-refractivity contribution in [3.63, 3.8) is 0 Å². The molecule has 3 rings (SSSR count). The first kappa shape index (κ1) is 18.5. The predicted octanol–water partition coefficient (Wildman–Crippen LogP) is 3.96. The number of furan rings is 1. The topological polar surface area (TPSA) is 60.7 Å². The van der Waals surface area contributed by atoms with Gasteiger partial charge in [-0.3, -0.25) is 4.79 Å². The molecule has 0 saturated heterocycles. The van der Waals surface area contributed by atoms with E-state index in [1.165, 1.54) is 12.1 Å². The maximum absolute atomic E-state index is 13.0. The Bertz CT molecular complexity index is 918. The minimum Gasteiger partial charge on any atom is -0.497 e. The Morgan fingerprint density at radius 1 is 1.04 bits per heavy atom. The van der Waals surface area contributed by atoms with E-state index in [1.807, 2.05) is 0 Å². The van der Waals surface area contributed by atoms with Crippen LogP contribution in [0.3, 0.4) is 0 Å². The monoisotopic (exact) mass is 369 g/mol. The van der Waals surface area contributed by atoms with Crippen molar-refractivity contribution in [2.24, 2.45) is 0 Å². The average molecular weight is 369 g/mol. The quantitative estimate of drug-likeness (QED) is 0.685. The molecule has 0 aliphatic rings. The lowest BCUT2D eigenvalue weighted by Crippen LogP contribution is -2.24. The highest BCUT2D eigenvalue weighted by molar-refractivity contribution is 5.79. The van der Waals surface area contributed by atoms with Crippen molar-refractivity contribution in [3.8, 4) is 22.8 Å². The van der Waals surface area contributed by atoms with Crippen LogP contribution in [0.25, 0.3) is 11.3 Å². The number of rotatable bonds is 7. The summed E-state index contributed by atoms with van der Waals surface area (Å²) in [5, 5.41) is 2.82. The third-order valence-corrected chi connectivity index (χ3v) is 4.10. The first-order chi connectivity index (χ1) is 13.1. The van der Waals surface area contributed by atoms with Crippen LogP contribution < -0.4 is 14.8 Å². The molecule has 1 aromatic heterocycles. The molecule has 2 aromatic carbocycles. The van der Waals surface area contributed by atoms with Crippen molar-refractivity contribution in [3.05, 3.63) is 71.7 Å². The first-order valence-corrected chi connectivity index (χ1v) is 8.41. The highest BCUT2D eigenvalue weighted by atomic mass is 19.1. The Labute approximate surface area is 156 Å². The molecule has 0 spiro atoms. The zero-order valence-corrected chi connectivity index (χ0v) is 15.1. The van der Waals surface area contributed by atoms with E-state index in [0.29, 0.717) is 23.0 Å². The fraction of sp³-hybridized carbons (Fsp3) is 0.190. The summed E-state index contributed by atoms with van der Waals surface area (Å²) in [6, 6.07) is 14.9. The van der Waals surface area contributed by atoms with Gasteiger partial charge in [-0.25, -0.2) is 4.39 Å². The van der Waals surface area contributed by atoms with E-state index in [-0.39, 0.29) is 24.7 Å². The van der Waals surface area contributed by atoms with Crippen LogP contribution in [0.1, 0.15) is 11.3 Å². The number of nitrogens with one attached hydrogen (secondary N) is 1. The SMILES string of the molecule is COc1ccc(CC(=O)NCc2ccc(-c3ccc(F)cc3)o2)c(OC)c1. The van der Waals surface area contributed by atoms with Crippen LogP contribution in [0.4, 0.5) is 4.39 Å². The smallest absolute Gasteiger partial charge is 0.224 e. The Hall–Kier alpha value is -3.28. The van der Waals surface area contributed by atoms with Crippen molar-refractivity contribution in [1.29, 1.82) is 0 Å². The summed E-state index contributed by atoms with van der Waals surface area (Å²) >= 11 is 0. The molecular formula is C21H20FNO4. The van der Waals surface area contributed by atoms with Crippen LogP contribution in [-0.2, 0) is 17.8 Å². The zero-order chi connectivity index (χ0) is 19.2. The summed E-state index contributed by atoms with van der Waals surface area (Å²) in [6.07, 6.45) is 0.179. The van der Waals surface area contributed by atoms with Gasteiger partial charge in [0.05, 0.1) is 27.2 Å². The lowest BCUT2D eigenvalue weighted by Gasteiger charge is -2.10. The fourth-order valence-corrected chi connectivity index (χ4v) is 2.66. The van der Waals surface area contributed by atoms with E-state index in [1.54, 1.807) is 56.7 Å². The lowest BCUT2D eigenvalue weighted by atomic mass is 10.1. The molecule has 0 atom stereocenters. The molecule has 0 saturated carbocycles. The minimum atomic E-state index is -0.299. The van der Waals surface area contributed by atoms with Crippen LogP contribution in [-0.4, -0.2) is 20.1 Å². The van der Waals surface area contributed by atoms with Gasteiger partial charge in [0, 0.05) is 17.2 Å². The van der Waals surface area contributed by atoms with Crippen LogP contribution in [0.15, 0.2) is 59.0 Å². The lowest BCUT2D eigenvalue weighted by molar-refractivity contribution is -0.120. The van der Waals surface area contributed by atoms with Crippen LogP contribution >= 0.6 is 0 Å². The Morgan fingerprint density at radius 3 is 2.52 bits per heavy atom. The molecule has 5 nitrogen and oxygen atoms in total. The highest BCUT2D eigenvalue weighted by Crippen LogP contribution is 2.25. The third kappa shape index (κ3) is 4.67. The van der Waals surface area contributed by atoms with Gasteiger partial charge in [-0.2, -0.15) is 0 Å². The fourth-order valence-electron chi connectivity index (χ4n) is 2.66. The van der Waals surface area contributed by atoms with Crippen molar-refractivity contribution in [1.82, 2.24) is 5.32 Å². The molecule has 6 heteroatoms. The molecule has 140 valence electrons. The van der Waals surface area contributed by atoms with Gasteiger partial charge in [-0.05, 0) is 42.5 Å². The maximum Gasteiger partial charge on any atom is 0.224 e. The summed E-state index contributed by atoms with van der Waals surface area (Å²) < 4.78 is 29.2. The molecule has 27 heavy (non-hydrogen) atoms. The van der Waals surface area contributed by atoms with E-state index < -0.39 is 0 Å². The van der Waals surface area contributed by atoms with Crippen molar-refractivity contribution >= 4 is 5.91 Å². The second kappa shape index (κ2) is 8.40. The van der Waals surface area contributed by atoms with Gasteiger partial charge in [0.1, 0.15) is 28.8 Å². The highest BCUT2D eigenvalue weighted by Gasteiger charge is 2.11. The van der Waals surface area contributed by atoms with Gasteiger partial charge in [-0.1, -0.05) is 6.07 Å². The summed E-state index contributed by atoms with van der Waals surface area (Å²) in [4.78, 5) is 12.2. The maximum atomic E-state index is 13.0. The van der Waals surface area contributed by atoms with Gasteiger partial charge in [-0.15, -0.1) is 0 Å². The van der Waals surface area contributed by atoms with E-state index in [0.717, 1.165) is 11.1 Å². The molecule has 1 amide bonds. The van der Waals surface area contributed by atoms with E-state index in [9.17, 15) is 9.18 Å². The number of carbonyl (C=O) groups is 1. The van der Waals surface area contributed by atoms with Crippen LogP contribution in [0, 0.1) is 5.82 Å². The Morgan fingerprint density at radius 2 is 1.81 bits per heavy atom. The number of halogens is 1. The molecule has 3 aromatic rings. The van der Waals surface area contributed by atoms with E-state index in [4.69, 9.17) is 13.9 Å². The number of ether oxygens (including phenoxy) is 2. The van der Waals surface area contributed by atoms with E-state index >= 15 is 0 Å². The number of carbonyl (C=O) groups excluding carboxylic acids is 1. The molecule has 1 heterocycles. The standard InChI is InChI=1S/C21H20FNO4/c1-25-17-8-5-15(20(12-17)26-2)11-21(24)23-13-18-9-10-19(27-18)14-3-6-16(22)7-4-14/h3-10,12H,11,13H2,1-2H3,(H,23,24). The third-order valence-electron chi connectivity index (χ3n) is 4.10. The molecule has 0 aliphatic heterocycles. The number of benzene rings is 2. The van der Waals surface area contributed by atoms with Gasteiger partial charge < -0.3 is 19.2 Å². The minimum absolute atomic E-state index is 0.154. The summed E-state index contributed by atoms with van der Waals surface area (Å²) in [7, 11) is 3.13. The van der Waals surface area contributed by atoms with Gasteiger partial charge in [0.15, 0.2) is 0 Å². The normalized spacial score (nSPS) is 10.5. The van der Waals surface area contributed by atoms with Crippen molar-refractivity contribution < 1.29 is 23.1 Å². The van der Waals surface area contributed by atoms with Crippen LogP contribution in [0.5, 0.6) is 11.5 Å². The van der Waals surface area contributed by atoms with Gasteiger partial charge >= 0.3 is 0 Å². The second-order valence-electron chi connectivity index (χ2n) is 5.90. The van der Waals surface area contributed by atoms with E-state index in [2.05, 4.69) is 5.32 Å². The van der Waals surface area contributed by atoms with Crippen LogP contribution in [0.2, 0.25) is 0 Å². The number of hydrogen-bond donors (Lipinski definition) is 1. The Balaban J connectivity index is 1.59. The molecular weight excluding hydrogens is 349 g/mol. The first-order valence-electron chi connectivity index (χ1n) is 8.41. The number of amides is 1. The van der Waals surface area contributed by atoms with Gasteiger partial charge in [0.2, 0.25) is 5.91 Å². The largest absolute Gasteiger partial charge is 0.497 e. The molecule has 0 unspecified atom stereocenters. The molecule has 0 fully saturated rings. The molecule has 0 radical (unpaired) electrons. The summed E-state index contributed by atoms with van der Waals surface area (Å²) in [5.41, 5.74) is 1.54. The molecule has 1 N–H and O–H groups in total. The summed E-state index contributed by atoms with van der Waals surface area (Å²) in [6.45, 7) is 0.262.